The van der Waals surface area contributed by atoms with E-state index < -0.39 is 30.2 Å². The number of nitrogens with one attached hydrogen (secondary N) is 1. The number of rotatable bonds is 6. The third kappa shape index (κ3) is 4.35. The molecule has 1 rings (SSSR count). The van der Waals surface area contributed by atoms with Crippen LogP contribution in [0, 0.1) is 0 Å². The van der Waals surface area contributed by atoms with Crippen LogP contribution < -0.4 is 11.1 Å². The summed E-state index contributed by atoms with van der Waals surface area (Å²) >= 11 is 6.98. The average molecular weight is 319 g/mol. The van der Waals surface area contributed by atoms with Gasteiger partial charge in [-0.2, -0.15) is 0 Å². The molecule has 0 fully saturated rings. The minimum atomic E-state index is -1.44. The minimum absolute atomic E-state index is 0.0245. The van der Waals surface area contributed by atoms with Gasteiger partial charge in [-0.15, -0.1) is 0 Å². The number of halogens is 1. The molecule has 0 aliphatic rings. The number of primary amides is 1. The van der Waals surface area contributed by atoms with Crippen LogP contribution in [0.15, 0.2) is 11.4 Å². The van der Waals surface area contributed by atoms with Crippen LogP contribution in [0.25, 0.3) is 0 Å². The van der Waals surface area contributed by atoms with Crippen molar-refractivity contribution in [3.8, 4) is 0 Å². The highest BCUT2D eigenvalue weighted by atomic mass is 35.5. The molecule has 0 aliphatic heterocycles. The van der Waals surface area contributed by atoms with Gasteiger partial charge < -0.3 is 16.2 Å². The summed E-state index contributed by atoms with van der Waals surface area (Å²) in [7, 11) is 0. The zero-order valence-corrected chi connectivity index (χ0v) is 11.9. The Kier molecular flexibility index (Phi) is 5.71. The van der Waals surface area contributed by atoms with E-state index in [2.05, 4.69) is 15.3 Å². The molecule has 2 amide bonds. The fraction of sp³-hybridized carbons (Fsp3) is 0.300. The van der Waals surface area contributed by atoms with Crippen LogP contribution in [-0.2, 0) is 9.59 Å². The molecule has 0 bridgehead atoms. The number of aliphatic carboxylic acids is 1. The lowest BCUT2D eigenvalue weighted by Gasteiger charge is -2.13. The number of carbonyl (C=O) groups is 3. The summed E-state index contributed by atoms with van der Waals surface area (Å²) < 4.78 is 0. The van der Waals surface area contributed by atoms with Gasteiger partial charge in [0, 0.05) is 0 Å². The van der Waals surface area contributed by atoms with E-state index in [1.165, 1.54) is 18.0 Å². The highest BCUT2D eigenvalue weighted by molar-refractivity contribution is 7.98. The maximum absolute atomic E-state index is 11.9. The largest absolute Gasteiger partial charge is 0.480 e. The van der Waals surface area contributed by atoms with Crippen molar-refractivity contribution < 1.29 is 19.5 Å². The van der Waals surface area contributed by atoms with Gasteiger partial charge in [-0.3, -0.25) is 9.59 Å². The maximum atomic E-state index is 11.9. The number of hydrogen-bond donors (Lipinski definition) is 3. The van der Waals surface area contributed by atoms with Crippen LogP contribution in [-0.4, -0.2) is 45.2 Å². The summed E-state index contributed by atoms with van der Waals surface area (Å²) in [4.78, 5) is 41.3. The first-order valence-corrected chi connectivity index (χ1v) is 6.84. The Morgan fingerprint density at radius 3 is 2.70 bits per heavy atom. The van der Waals surface area contributed by atoms with Gasteiger partial charge in [0.1, 0.15) is 6.04 Å². The van der Waals surface area contributed by atoms with Crippen LogP contribution in [0.2, 0.25) is 5.02 Å². The molecule has 4 N–H and O–H groups in total. The van der Waals surface area contributed by atoms with Crippen LogP contribution in [0.5, 0.6) is 0 Å². The second-order valence-corrected chi connectivity index (χ2v) is 4.77. The van der Waals surface area contributed by atoms with Gasteiger partial charge in [0.05, 0.1) is 17.6 Å². The topological polar surface area (TPSA) is 135 Å². The number of nitrogens with two attached hydrogens (primary N) is 1. The Morgan fingerprint density at radius 2 is 2.20 bits per heavy atom. The first-order chi connectivity index (χ1) is 9.35. The summed E-state index contributed by atoms with van der Waals surface area (Å²) in [6.45, 7) is 0. The van der Waals surface area contributed by atoms with Crippen LogP contribution in [0.1, 0.15) is 16.9 Å². The van der Waals surface area contributed by atoms with Crippen molar-refractivity contribution in [2.45, 2.75) is 17.6 Å². The first kappa shape index (κ1) is 16.2. The van der Waals surface area contributed by atoms with Crippen molar-refractivity contribution in [1.29, 1.82) is 0 Å². The average Bonchev–Trinajstić information content (AvgIpc) is 2.37. The molecule has 1 aromatic heterocycles. The number of carboxylic acid groups (broad SMARTS) is 1. The standard InChI is InChI=1S/C10H11ClN4O4S/c1-20-10-13-3-4(11)7(15-10)8(17)14-5(9(18)19)2-6(12)16/h3,5H,2H2,1H3,(H2,12,16)(H,14,17)(H,18,19)/t5-/m1/s1. The van der Waals surface area contributed by atoms with Crippen molar-refractivity contribution in [3.63, 3.8) is 0 Å². The number of amides is 2. The number of aromatic nitrogens is 2. The maximum Gasteiger partial charge on any atom is 0.326 e. The zero-order valence-electron chi connectivity index (χ0n) is 10.3. The second kappa shape index (κ2) is 7.06. The van der Waals surface area contributed by atoms with Gasteiger partial charge in [-0.05, 0) is 6.26 Å². The summed E-state index contributed by atoms with van der Waals surface area (Å²) in [5.41, 5.74) is 4.75. The van der Waals surface area contributed by atoms with Crippen molar-refractivity contribution >= 4 is 41.1 Å². The van der Waals surface area contributed by atoms with Gasteiger partial charge in [0.25, 0.3) is 5.91 Å². The SMILES string of the molecule is CSc1ncc(Cl)c(C(=O)N[C@H](CC(N)=O)C(=O)O)n1. The van der Waals surface area contributed by atoms with Crippen LogP contribution >= 0.6 is 23.4 Å². The van der Waals surface area contributed by atoms with Gasteiger partial charge in [-0.1, -0.05) is 23.4 Å². The molecule has 0 aromatic carbocycles. The number of hydrogen-bond acceptors (Lipinski definition) is 6. The van der Waals surface area contributed by atoms with Crippen molar-refractivity contribution in [2.24, 2.45) is 5.73 Å². The van der Waals surface area contributed by atoms with Crippen LogP contribution in [0.3, 0.4) is 0 Å². The molecule has 0 radical (unpaired) electrons. The van der Waals surface area contributed by atoms with Crippen molar-refractivity contribution in [1.82, 2.24) is 15.3 Å². The highest BCUT2D eigenvalue weighted by Gasteiger charge is 2.24. The normalized spacial score (nSPS) is 11.7. The molecule has 0 spiro atoms. The third-order valence-corrected chi connectivity index (χ3v) is 2.97. The quantitative estimate of drug-likeness (QED) is 0.492. The molecular formula is C10H11ClN4O4S. The van der Waals surface area contributed by atoms with E-state index in [1.54, 1.807) is 6.26 Å². The Hall–Kier alpha value is -1.87. The molecule has 0 aliphatic carbocycles. The number of thioether (sulfide) groups is 1. The predicted octanol–water partition coefficient (Wildman–Crippen LogP) is -0.0897. The van der Waals surface area contributed by atoms with Gasteiger partial charge >= 0.3 is 5.97 Å². The Balaban J connectivity index is 2.94. The van der Waals surface area contributed by atoms with Gasteiger partial charge in [-0.25, -0.2) is 14.8 Å². The molecule has 1 aromatic rings. The van der Waals surface area contributed by atoms with E-state index >= 15 is 0 Å². The van der Waals surface area contributed by atoms with E-state index in [9.17, 15) is 14.4 Å². The summed E-state index contributed by atoms with van der Waals surface area (Å²) in [6, 6.07) is -1.44. The molecule has 108 valence electrons. The lowest BCUT2D eigenvalue weighted by Crippen LogP contribution is -2.43. The molecule has 0 unspecified atom stereocenters. The van der Waals surface area contributed by atoms with E-state index in [4.69, 9.17) is 22.4 Å². The predicted molar refractivity (Wildman–Crippen MR) is 71.5 cm³/mol. The lowest BCUT2D eigenvalue weighted by molar-refractivity contribution is -0.140. The molecule has 8 nitrogen and oxygen atoms in total. The molecule has 0 saturated carbocycles. The summed E-state index contributed by atoms with van der Waals surface area (Å²) in [6.07, 6.45) is 2.41. The van der Waals surface area contributed by atoms with Crippen molar-refractivity contribution in [2.75, 3.05) is 6.26 Å². The Labute approximate surface area is 123 Å². The highest BCUT2D eigenvalue weighted by Crippen LogP contribution is 2.16. The zero-order chi connectivity index (χ0) is 15.3. The van der Waals surface area contributed by atoms with E-state index in [0.717, 1.165) is 0 Å². The minimum Gasteiger partial charge on any atom is -0.480 e. The molecule has 20 heavy (non-hydrogen) atoms. The molecule has 1 atom stereocenters. The van der Waals surface area contributed by atoms with Crippen LogP contribution in [0.4, 0.5) is 0 Å². The monoisotopic (exact) mass is 318 g/mol. The number of carboxylic acids is 1. The molecule has 1 heterocycles. The molecule has 10 heteroatoms. The van der Waals surface area contributed by atoms with E-state index in [1.807, 2.05) is 0 Å². The number of carbonyl (C=O) groups excluding carboxylic acids is 2. The van der Waals surface area contributed by atoms with Crippen molar-refractivity contribution in [3.05, 3.63) is 16.9 Å². The fourth-order valence-corrected chi connectivity index (χ4v) is 1.75. The Morgan fingerprint density at radius 1 is 1.55 bits per heavy atom. The summed E-state index contributed by atoms with van der Waals surface area (Å²) in [5.74, 6) is -3.05. The first-order valence-electron chi connectivity index (χ1n) is 5.23. The van der Waals surface area contributed by atoms with E-state index in [-0.39, 0.29) is 10.7 Å². The second-order valence-electron chi connectivity index (χ2n) is 3.59. The van der Waals surface area contributed by atoms with Gasteiger partial charge in [0.15, 0.2) is 10.9 Å². The summed E-state index contributed by atoms with van der Waals surface area (Å²) in [5, 5.41) is 11.3. The number of nitrogens with zero attached hydrogens (tertiary/aromatic N) is 2. The molecule has 0 saturated heterocycles. The third-order valence-electron chi connectivity index (χ3n) is 2.13. The van der Waals surface area contributed by atoms with Gasteiger partial charge in [0.2, 0.25) is 5.91 Å². The lowest BCUT2D eigenvalue weighted by atomic mass is 10.2. The van der Waals surface area contributed by atoms with E-state index in [0.29, 0.717) is 5.16 Å². The smallest absolute Gasteiger partial charge is 0.326 e. The molecular weight excluding hydrogens is 308 g/mol. The fourth-order valence-electron chi connectivity index (χ4n) is 1.24. The Bertz CT molecular complexity index is 554.